The number of benzene rings is 2. The minimum atomic E-state index is -0.773. The SMILES string of the molecule is CCOC(=O)C1=C(c2ccccc2)N=c2sc(=Cc3cc(C)n(-c4cccnc4)c3C)c(=O)n2[C@H]1c1cccc(OC)c1. The van der Waals surface area contributed by atoms with Crippen LogP contribution in [0.4, 0.5) is 0 Å². The monoisotopic (exact) mass is 590 g/mol. The number of carbonyl (C=O) groups excluding carboxylic acids is 1. The fraction of sp³-hybridized carbons (Fsp3) is 0.176. The van der Waals surface area contributed by atoms with Crippen LogP contribution in [-0.4, -0.2) is 33.8 Å². The summed E-state index contributed by atoms with van der Waals surface area (Å²) >= 11 is 1.30. The van der Waals surface area contributed by atoms with Gasteiger partial charge in [-0.1, -0.05) is 53.8 Å². The molecule has 216 valence electrons. The summed E-state index contributed by atoms with van der Waals surface area (Å²) in [6, 6.07) is 22.1. The average Bonchev–Trinajstić information content (AvgIpc) is 3.50. The van der Waals surface area contributed by atoms with Crippen LogP contribution >= 0.6 is 11.3 Å². The molecule has 6 rings (SSSR count). The van der Waals surface area contributed by atoms with Gasteiger partial charge >= 0.3 is 5.97 Å². The summed E-state index contributed by atoms with van der Waals surface area (Å²) in [7, 11) is 1.59. The van der Waals surface area contributed by atoms with Crippen molar-refractivity contribution in [1.82, 2.24) is 14.1 Å². The maximum Gasteiger partial charge on any atom is 0.338 e. The van der Waals surface area contributed by atoms with E-state index in [0.717, 1.165) is 28.2 Å². The zero-order chi connectivity index (χ0) is 30.1. The van der Waals surface area contributed by atoms with Crippen LogP contribution in [0.3, 0.4) is 0 Å². The topological polar surface area (TPSA) is 87.7 Å². The molecule has 43 heavy (non-hydrogen) atoms. The molecule has 0 radical (unpaired) electrons. The van der Waals surface area contributed by atoms with Gasteiger partial charge in [-0.15, -0.1) is 0 Å². The van der Waals surface area contributed by atoms with Crippen molar-refractivity contribution in [3.8, 4) is 11.4 Å². The molecule has 0 unspecified atom stereocenters. The molecular weight excluding hydrogens is 560 g/mol. The second-order valence-corrected chi connectivity index (χ2v) is 11.1. The van der Waals surface area contributed by atoms with Crippen LogP contribution in [-0.2, 0) is 9.53 Å². The van der Waals surface area contributed by atoms with Crippen LogP contribution in [0.15, 0.2) is 101 Å². The lowest BCUT2D eigenvalue weighted by molar-refractivity contribution is -0.138. The van der Waals surface area contributed by atoms with Gasteiger partial charge in [-0.3, -0.25) is 14.3 Å². The summed E-state index contributed by atoms with van der Waals surface area (Å²) in [5.41, 5.74) is 5.89. The first-order valence-corrected chi connectivity index (χ1v) is 14.7. The van der Waals surface area contributed by atoms with Crippen molar-refractivity contribution < 1.29 is 14.3 Å². The third kappa shape index (κ3) is 5.12. The Labute approximate surface area is 252 Å². The summed E-state index contributed by atoms with van der Waals surface area (Å²) in [5.74, 6) is 0.0937. The summed E-state index contributed by atoms with van der Waals surface area (Å²) < 4.78 is 15.3. The van der Waals surface area contributed by atoms with Crippen LogP contribution in [0.1, 0.15) is 41.0 Å². The predicted octanol–water partition coefficient (Wildman–Crippen LogP) is 4.75. The molecule has 1 aliphatic heterocycles. The largest absolute Gasteiger partial charge is 0.497 e. The number of aryl methyl sites for hydroxylation is 1. The number of esters is 1. The number of fused-ring (bicyclic) bond motifs is 1. The second-order valence-electron chi connectivity index (χ2n) is 10.1. The van der Waals surface area contributed by atoms with E-state index in [-0.39, 0.29) is 12.2 Å². The standard InChI is InChI=1S/C34H30N4O4S/c1-5-42-33(40)29-30(23-11-7-6-8-12-23)36-34-38(31(29)24-13-9-15-27(18-24)41-4)32(39)28(43-34)19-25-17-21(2)37(22(25)3)26-14-10-16-35-20-26/h6-20,31H,5H2,1-4H3/t31-/m0/s1. The Morgan fingerprint density at radius 3 is 2.58 bits per heavy atom. The van der Waals surface area contributed by atoms with Gasteiger partial charge in [0.1, 0.15) is 5.75 Å². The normalized spacial score (nSPS) is 14.8. The number of pyridine rings is 1. The zero-order valence-electron chi connectivity index (χ0n) is 24.3. The molecule has 5 aromatic rings. The maximum absolute atomic E-state index is 14.3. The van der Waals surface area contributed by atoms with Crippen LogP contribution in [0.5, 0.6) is 5.75 Å². The molecule has 0 saturated carbocycles. The molecule has 0 amide bonds. The number of hydrogen-bond acceptors (Lipinski definition) is 7. The van der Waals surface area contributed by atoms with Gasteiger partial charge in [0.2, 0.25) is 0 Å². The Hall–Kier alpha value is -5.02. The van der Waals surface area contributed by atoms with Gasteiger partial charge in [-0.05, 0) is 68.3 Å². The zero-order valence-corrected chi connectivity index (χ0v) is 25.1. The van der Waals surface area contributed by atoms with Crippen molar-refractivity contribution in [2.45, 2.75) is 26.8 Å². The number of carbonyl (C=O) groups is 1. The Morgan fingerprint density at radius 1 is 1.05 bits per heavy atom. The summed E-state index contributed by atoms with van der Waals surface area (Å²) in [4.78, 5) is 37.6. The van der Waals surface area contributed by atoms with Gasteiger partial charge in [0.15, 0.2) is 4.80 Å². The lowest BCUT2D eigenvalue weighted by atomic mass is 9.93. The van der Waals surface area contributed by atoms with E-state index >= 15 is 0 Å². The fourth-order valence-electron chi connectivity index (χ4n) is 5.53. The van der Waals surface area contributed by atoms with Gasteiger partial charge in [-0.2, -0.15) is 0 Å². The lowest BCUT2D eigenvalue weighted by Gasteiger charge is -2.26. The van der Waals surface area contributed by atoms with Crippen LogP contribution in [0.2, 0.25) is 0 Å². The van der Waals surface area contributed by atoms with Gasteiger partial charge in [-0.25, -0.2) is 9.79 Å². The number of aromatic nitrogens is 3. The summed E-state index contributed by atoms with van der Waals surface area (Å²) in [6.45, 7) is 6.00. The van der Waals surface area contributed by atoms with Crippen molar-refractivity contribution in [1.29, 1.82) is 0 Å². The molecule has 0 bridgehead atoms. The van der Waals surface area contributed by atoms with Crippen molar-refractivity contribution in [2.75, 3.05) is 13.7 Å². The Balaban J connectivity index is 1.62. The first-order valence-electron chi connectivity index (χ1n) is 13.9. The fourth-order valence-corrected chi connectivity index (χ4v) is 6.52. The molecule has 0 spiro atoms. The highest BCUT2D eigenvalue weighted by molar-refractivity contribution is 7.07. The van der Waals surface area contributed by atoms with Crippen LogP contribution < -0.4 is 19.6 Å². The van der Waals surface area contributed by atoms with E-state index in [9.17, 15) is 9.59 Å². The molecule has 0 aliphatic carbocycles. The van der Waals surface area contributed by atoms with E-state index in [0.29, 0.717) is 31.9 Å². The van der Waals surface area contributed by atoms with Crippen molar-refractivity contribution in [2.24, 2.45) is 4.99 Å². The van der Waals surface area contributed by atoms with Crippen molar-refractivity contribution >= 4 is 29.1 Å². The van der Waals surface area contributed by atoms with E-state index in [1.165, 1.54) is 11.3 Å². The number of hydrogen-bond donors (Lipinski definition) is 0. The Bertz CT molecular complexity index is 2040. The predicted molar refractivity (Wildman–Crippen MR) is 167 cm³/mol. The van der Waals surface area contributed by atoms with E-state index in [1.54, 1.807) is 24.8 Å². The number of nitrogens with zero attached hydrogens (tertiary/aromatic N) is 4. The molecule has 0 N–H and O–H groups in total. The van der Waals surface area contributed by atoms with Crippen LogP contribution in [0.25, 0.3) is 17.5 Å². The molecular formula is C34H30N4O4S. The van der Waals surface area contributed by atoms with Gasteiger partial charge in [0.25, 0.3) is 5.56 Å². The maximum atomic E-state index is 14.3. The highest BCUT2D eigenvalue weighted by atomic mass is 32.1. The molecule has 1 aliphatic rings. The molecule has 3 aromatic heterocycles. The molecule has 8 nitrogen and oxygen atoms in total. The van der Waals surface area contributed by atoms with Gasteiger partial charge < -0.3 is 14.0 Å². The Kier molecular flexibility index (Phi) is 7.65. The highest BCUT2D eigenvalue weighted by Gasteiger charge is 2.35. The van der Waals surface area contributed by atoms with E-state index < -0.39 is 12.0 Å². The summed E-state index contributed by atoms with van der Waals surface area (Å²) in [5, 5.41) is 0. The third-order valence-electron chi connectivity index (χ3n) is 7.44. The Morgan fingerprint density at radius 2 is 1.86 bits per heavy atom. The van der Waals surface area contributed by atoms with Gasteiger partial charge in [0.05, 0.1) is 47.4 Å². The smallest absolute Gasteiger partial charge is 0.338 e. The van der Waals surface area contributed by atoms with E-state index in [2.05, 4.69) is 15.6 Å². The highest BCUT2D eigenvalue weighted by Crippen LogP contribution is 2.36. The summed E-state index contributed by atoms with van der Waals surface area (Å²) in [6.07, 6.45) is 5.46. The van der Waals surface area contributed by atoms with Gasteiger partial charge in [0, 0.05) is 23.1 Å². The molecule has 2 aromatic carbocycles. The molecule has 0 fully saturated rings. The van der Waals surface area contributed by atoms with Crippen molar-refractivity contribution in [3.63, 3.8) is 0 Å². The molecule has 9 heteroatoms. The minimum absolute atomic E-state index is 0.187. The number of rotatable bonds is 7. The van der Waals surface area contributed by atoms with E-state index in [1.807, 2.05) is 92.9 Å². The third-order valence-corrected chi connectivity index (χ3v) is 8.43. The van der Waals surface area contributed by atoms with Crippen molar-refractivity contribution in [3.05, 3.63) is 139 Å². The molecule has 4 heterocycles. The number of methoxy groups -OCH3 is 1. The number of thiazole rings is 1. The minimum Gasteiger partial charge on any atom is -0.497 e. The lowest BCUT2D eigenvalue weighted by Crippen LogP contribution is -2.40. The first kappa shape index (κ1) is 28.1. The molecule has 1 atom stereocenters. The van der Waals surface area contributed by atoms with Crippen LogP contribution in [0, 0.1) is 13.8 Å². The second kappa shape index (κ2) is 11.7. The quantitative estimate of drug-likeness (QED) is 0.256. The number of ether oxygens (including phenoxy) is 2. The first-order chi connectivity index (χ1) is 20.9. The molecule has 0 saturated heterocycles. The van der Waals surface area contributed by atoms with E-state index in [4.69, 9.17) is 14.5 Å². The average molecular weight is 591 g/mol.